The van der Waals surface area contributed by atoms with Crippen molar-refractivity contribution >= 4 is 5.97 Å². The molecule has 2 unspecified atom stereocenters. The minimum Gasteiger partial charge on any atom is -0.471 e. The van der Waals surface area contributed by atoms with Gasteiger partial charge in [-0.1, -0.05) is 55.5 Å². The summed E-state index contributed by atoms with van der Waals surface area (Å²) in [7, 11) is 0. The van der Waals surface area contributed by atoms with Crippen LogP contribution >= 0.6 is 0 Å². The average molecular weight is 282 g/mol. The zero-order valence-electron chi connectivity index (χ0n) is 12.0. The van der Waals surface area contributed by atoms with E-state index >= 15 is 0 Å². The molecule has 2 atom stereocenters. The number of ether oxygens (including phenoxy) is 2. The van der Waals surface area contributed by atoms with Gasteiger partial charge < -0.3 is 9.47 Å². The van der Waals surface area contributed by atoms with Gasteiger partial charge in [0.2, 0.25) is 5.60 Å². The highest BCUT2D eigenvalue weighted by Gasteiger charge is 2.52. The SMILES string of the molecule is CCC1CC(Oc2ccccc2)(c2ccccc2)C(=O)O1. The van der Waals surface area contributed by atoms with E-state index < -0.39 is 5.60 Å². The molecule has 108 valence electrons. The molecule has 21 heavy (non-hydrogen) atoms. The Morgan fingerprint density at radius 2 is 1.71 bits per heavy atom. The van der Waals surface area contributed by atoms with Gasteiger partial charge in [0.1, 0.15) is 11.9 Å². The Bertz CT molecular complexity index is 609. The van der Waals surface area contributed by atoms with Gasteiger partial charge in [-0.15, -0.1) is 0 Å². The second kappa shape index (κ2) is 5.60. The Morgan fingerprint density at radius 1 is 1.10 bits per heavy atom. The number of carbonyl (C=O) groups excluding carboxylic acids is 1. The molecule has 1 saturated heterocycles. The van der Waals surface area contributed by atoms with Crippen molar-refractivity contribution in [2.75, 3.05) is 0 Å². The number of rotatable bonds is 4. The van der Waals surface area contributed by atoms with Gasteiger partial charge in [-0.05, 0) is 18.6 Å². The Hall–Kier alpha value is -2.29. The zero-order valence-corrected chi connectivity index (χ0v) is 12.0. The van der Waals surface area contributed by atoms with E-state index in [4.69, 9.17) is 9.47 Å². The van der Waals surface area contributed by atoms with E-state index in [0.29, 0.717) is 12.2 Å². The van der Waals surface area contributed by atoms with Crippen molar-refractivity contribution in [3.63, 3.8) is 0 Å². The topological polar surface area (TPSA) is 35.5 Å². The number of cyclic esters (lactones) is 1. The summed E-state index contributed by atoms with van der Waals surface area (Å²) in [6.07, 6.45) is 1.24. The number of hydrogen-bond acceptors (Lipinski definition) is 3. The summed E-state index contributed by atoms with van der Waals surface area (Å²) in [6.45, 7) is 2.02. The van der Waals surface area contributed by atoms with Crippen LogP contribution in [0.3, 0.4) is 0 Å². The summed E-state index contributed by atoms with van der Waals surface area (Å²) in [5.41, 5.74) is -0.196. The molecule has 0 aliphatic carbocycles. The van der Waals surface area contributed by atoms with E-state index in [1.807, 2.05) is 67.6 Å². The Kier molecular flexibility index (Phi) is 3.65. The maximum absolute atomic E-state index is 12.5. The summed E-state index contributed by atoms with van der Waals surface area (Å²) in [5, 5.41) is 0. The summed E-state index contributed by atoms with van der Waals surface area (Å²) in [5.74, 6) is 0.374. The van der Waals surface area contributed by atoms with Crippen LogP contribution in [-0.4, -0.2) is 12.1 Å². The molecule has 2 aromatic carbocycles. The fourth-order valence-electron chi connectivity index (χ4n) is 2.69. The minimum absolute atomic E-state index is 0.0959. The molecular weight excluding hydrogens is 264 g/mol. The van der Waals surface area contributed by atoms with Gasteiger partial charge in [0.15, 0.2) is 0 Å². The maximum Gasteiger partial charge on any atom is 0.355 e. The lowest BCUT2D eigenvalue weighted by molar-refractivity contribution is -0.153. The molecule has 3 nitrogen and oxygen atoms in total. The first-order valence-electron chi connectivity index (χ1n) is 7.25. The predicted octanol–water partition coefficient (Wildman–Crippen LogP) is 3.69. The Balaban J connectivity index is 2.02. The minimum atomic E-state index is -1.04. The van der Waals surface area contributed by atoms with Gasteiger partial charge in [0.05, 0.1) is 0 Å². The Labute approximate surface area is 124 Å². The van der Waals surface area contributed by atoms with Gasteiger partial charge >= 0.3 is 5.97 Å². The van der Waals surface area contributed by atoms with E-state index in [1.165, 1.54) is 0 Å². The van der Waals surface area contributed by atoms with E-state index in [-0.39, 0.29) is 12.1 Å². The molecular formula is C18H18O3. The second-order valence-corrected chi connectivity index (χ2v) is 5.25. The first kappa shape index (κ1) is 13.7. The fraction of sp³-hybridized carbons (Fsp3) is 0.278. The van der Waals surface area contributed by atoms with Crippen molar-refractivity contribution in [2.45, 2.75) is 31.5 Å². The van der Waals surface area contributed by atoms with Crippen LogP contribution in [0, 0.1) is 0 Å². The van der Waals surface area contributed by atoms with Crippen LogP contribution in [0.15, 0.2) is 60.7 Å². The van der Waals surface area contributed by atoms with Crippen LogP contribution in [0.2, 0.25) is 0 Å². The average Bonchev–Trinajstić information content (AvgIpc) is 2.86. The van der Waals surface area contributed by atoms with Crippen molar-refractivity contribution in [1.82, 2.24) is 0 Å². The van der Waals surface area contributed by atoms with Crippen molar-refractivity contribution < 1.29 is 14.3 Å². The summed E-state index contributed by atoms with van der Waals surface area (Å²) in [6, 6.07) is 19.0. The zero-order chi connectivity index (χ0) is 14.7. The highest BCUT2D eigenvalue weighted by molar-refractivity contribution is 5.84. The monoisotopic (exact) mass is 282 g/mol. The van der Waals surface area contributed by atoms with E-state index in [9.17, 15) is 4.79 Å². The van der Waals surface area contributed by atoms with Crippen molar-refractivity contribution in [3.8, 4) is 5.75 Å². The highest BCUT2D eigenvalue weighted by Crippen LogP contribution is 2.40. The molecule has 0 amide bonds. The number of hydrogen-bond donors (Lipinski definition) is 0. The van der Waals surface area contributed by atoms with Crippen LogP contribution in [0.1, 0.15) is 25.3 Å². The van der Waals surface area contributed by atoms with Crippen molar-refractivity contribution in [1.29, 1.82) is 0 Å². The van der Waals surface area contributed by atoms with Gasteiger partial charge in [0.25, 0.3) is 0 Å². The van der Waals surface area contributed by atoms with Gasteiger partial charge in [-0.3, -0.25) is 0 Å². The maximum atomic E-state index is 12.5. The molecule has 0 bridgehead atoms. The first-order valence-corrected chi connectivity index (χ1v) is 7.25. The van der Waals surface area contributed by atoms with E-state index in [1.54, 1.807) is 0 Å². The second-order valence-electron chi connectivity index (χ2n) is 5.25. The largest absolute Gasteiger partial charge is 0.471 e. The number of para-hydroxylation sites is 1. The molecule has 1 heterocycles. The molecule has 0 saturated carbocycles. The molecule has 2 aromatic rings. The van der Waals surface area contributed by atoms with Gasteiger partial charge in [0, 0.05) is 12.0 Å². The van der Waals surface area contributed by atoms with Crippen molar-refractivity contribution in [2.24, 2.45) is 0 Å². The molecule has 3 rings (SSSR count). The molecule has 3 heteroatoms. The lowest BCUT2D eigenvalue weighted by Crippen LogP contribution is -2.38. The lowest BCUT2D eigenvalue weighted by Gasteiger charge is -2.26. The van der Waals surface area contributed by atoms with Gasteiger partial charge in [-0.2, -0.15) is 0 Å². The highest BCUT2D eigenvalue weighted by atomic mass is 16.6. The van der Waals surface area contributed by atoms with Crippen LogP contribution < -0.4 is 4.74 Å². The smallest absolute Gasteiger partial charge is 0.355 e. The van der Waals surface area contributed by atoms with Crippen LogP contribution in [0.5, 0.6) is 5.75 Å². The molecule has 1 aliphatic rings. The van der Waals surface area contributed by atoms with Crippen molar-refractivity contribution in [3.05, 3.63) is 66.2 Å². The summed E-state index contributed by atoms with van der Waals surface area (Å²) >= 11 is 0. The quantitative estimate of drug-likeness (QED) is 0.802. The molecule has 0 aromatic heterocycles. The molecule has 0 N–H and O–H groups in total. The summed E-state index contributed by atoms with van der Waals surface area (Å²) < 4.78 is 11.6. The molecule has 0 radical (unpaired) electrons. The number of esters is 1. The van der Waals surface area contributed by atoms with Gasteiger partial charge in [-0.25, -0.2) is 4.79 Å². The van der Waals surface area contributed by atoms with Crippen LogP contribution in [-0.2, 0) is 15.1 Å². The number of benzene rings is 2. The molecule has 1 aliphatic heterocycles. The third-order valence-electron chi connectivity index (χ3n) is 3.85. The fourth-order valence-corrected chi connectivity index (χ4v) is 2.69. The first-order chi connectivity index (χ1) is 10.2. The normalized spacial score (nSPS) is 24.6. The Morgan fingerprint density at radius 3 is 2.29 bits per heavy atom. The number of carbonyl (C=O) groups is 1. The van der Waals surface area contributed by atoms with E-state index in [0.717, 1.165) is 12.0 Å². The predicted molar refractivity (Wildman–Crippen MR) is 80.0 cm³/mol. The third kappa shape index (κ3) is 2.51. The van der Waals surface area contributed by atoms with Crippen LogP contribution in [0.4, 0.5) is 0 Å². The lowest BCUT2D eigenvalue weighted by atomic mass is 9.89. The third-order valence-corrected chi connectivity index (χ3v) is 3.85. The van der Waals surface area contributed by atoms with Crippen LogP contribution in [0.25, 0.3) is 0 Å². The molecule has 1 fully saturated rings. The molecule has 0 spiro atoms. The van der Waals surface area contributed by atoms with E-state index in [2.05, 4.69) is 0 Å². The summed E-state index contributed by atoms with van der Waals surface area (Å²) in [4.78, 5) is 12.5. The standard InChI is InChI=1S/C18H18O3/c1-2-15-13-18(17(19)20-15,14-9-5-3-6-10-14)21-16-11-7-4-8-12-16/h3-12,15H,2,13H2,1H3.